The summed E-state index contributed by atoms with van der Waals surface area (Å²) in [5.74, 6) is 1.93. The number of hydrogen-bond acceptors (Lipinski definition) is 4. The zero-order chi connectivity index (χ0) is 15.2. The summed E-state index contributed by atoms with van der Waals surface area (Å²) in [7, 11) is 2.07. The maximum absolute atomic E-state index is 4.47. The van der Waals surface area contributed by atoms with E-state index in [2.05, 4.69) is 75.2 Å². The number of nitrogens with zero attached hydrogens (tertiary/aromatic N) is 3. The predicted octanol–water partition coefficient (Wildman–Crippen LogP) is 3.87. The van der Waals surface area contributed by atoms with E-state index in [9.17, 15) is 0 Å². The Balaban J connectivity index is 2.26. The fourth-order valence-electron chi connectivity index (χ4n) is 2.36. The molecule has 1 aromatic carbocycles. The van der Waals surface area contributed by atoms with Crippen molar-refractivity contribution in [2.24, 2.45) is 0 Å². The first-order valence-corrected chi connectivity index (χ1v) is 7.98. The molecular weight excluding hydrogens is 328 g/mol. The third-order valence-corrected chi connectivity index (χ3v) is 3.78. The summed E-state index contributed by atoms with van der Waals surface area (Å²) in [5.41, 5.74) is 2.41. The largest absolute Gasteiger partial charge is 0.370 e. The minimum Gasteiger partial charge on any atom is -0.370 e. The normalized spacial score (nSPS) is 10.5. The van der Waals surface area contributed by atoms with Crippen molar-refractivity contribution in [2.45, 2.75) is 26.8 Å². The molecule has 5 heteroatoms. The van der Waals surface area contributed by atoms with Crippen molar-refractivity contribution < 1.29 is 0 Å². The van der Waals surface area contributed by atoms with Gasteiger partial charge in [0.05, 0.1) is 0 Å². The molecule has 2 rings (SSSR count). The average molecular weight is 349 g/mol. The van der Waals surface area contributed by atoms with Crippen LogP contribution < -0.4 is 10.2 Å². The Kier molecular flexibility index (Phi) is 5.56. The van der Waals surface area contributed by atoms with E-state index in [0.717, 1.165) is 41.2 Å². The lowest BCUT2D eigenvalue weighted by molar-refractivity contribution is 0.869. The molecule has 1 N–H and O–H groups in total. The SMILES string of the molecule is CCNc1ncnc(N(C)Cc2cccc(Br)c2)c1CC. The maximum atomic E-state index is 4.47. The first-order valence-electron chi connectivity index (χ1n) is 7.19. The molecule has 1 heterocycles. The quantitative estimate of drug-likeness (QED) is 0.860. The van der Waals surface area contributed by atoms with Gasteiger partial charge < -0.3 is 10.2 Å². The molecule has 0 spiro atoms. The van der Waals surface area contributed by atoms with E-state index in [1.54, 1.807) is 6.33 Å². The van der Waals surface area contributed by atoms with Crippen molar-refractivity contribution in [3.63, 3.8) is 0 Å². The Morgan fingerprint density at radius 1 is 1.24 bits per heavy atom. The van der Waals surface area contributed by atoms with Crippen molar-refractivity contribution in [1.29, 1.82) is 0 Å². The average Bonchev–Trinajstić information content (AvgIpc) is 2.47. The van der Waals surface area contributed by atoms with Gasteiger partial charge in [-0.15, -0.1) is 0 Å². The van der Waals surface area contributed by atoms with Gasteiger partial charge in [0.15, 0.2) is 0 Å². The highest BCUT2D eigenvalue weighted by Crippen LogP contribution is 2.24. The van der Waals surface area contributed by atoms with Gasteiger partial charge >= 0.3 is 0 Å². The molecule has 0 fully saturated rings. The Morgan fingerprint density at radius 3 is 2.71 bits per heavy atom. The monoisotopic (exact) mass is 348 g/mol. The highest BCUT2D eigenvalue weighted by atomic mass is 79.9. The first kappa shape index (κ1) is 15.8. The molecular formula is C16H21BrN4. The van der Waals surface area contributed by atoms with Crippen LogP contribution in [0.5, 0.6) is 0 Å². The maximum Gasteiger partial charge on any atom is 0.137 e. The molecule has 21 heavy (non-hydrogen) atoms. The highest BCUT2D eigenvalue weighted by molar-refractivity contribution is 9.10. The van der Waals surface area contributed by atoms with Crippen LogP contribution in [0.4, 0.5) is 11.6 Å². The van der Waals surface area contributed by atoms with E-state index in [-0.39, 0.29) is 0 Å². The summed E-state index contributed by atoms with van der Waals surface area (Å²) < 4.78 is 1.10. The molecule has 0 saturated heterocycles. The fourth-order valence-corrected chi connectivity index (χ4v) is 2.81. The van der Waals surface area contributed by atoms with E-state index >= 15 is 0 Å². The number of nitrogens with one attached hydrogen (secondary N) is 1. The molecule has 112 valence electrons. The Bertz CT molecular complexity index is 601. The van der Waals surface area contributed by atoms with Crippen LogP contribution in [-0.4, -0.2) is 23.6 Å². The first-order chi connectivity index (χ1) is 10.2. The van der Waals surface area contributed by atoms with E-state index in [4.69, 9.17) is 0 Å². The lowest BCUT2D eigenvalue weighted by atomic mass is 10.1. The number of hydrogen-bond donors (Lipinski definition) is 1. The van der Waals surface area contributed by atoms with E-state index in [0.29, 0.717) is 0 Å². The summed E-state index contributed by atoms with van der Waals surface area (Å²) in [6.07, 6.45) is 2.53. The van der Waals surface area contributed by atoms with Crippen LogP contribution in [0.2, 0.25) is 0 Å². The Morgan fingerprint density at radius 2 is 2.05 bits per heavy atom. The van der Waals surface area contributed by atoms with Crippen LogP contribution in [0.15, 0.2) is 35.1 Å². The third kappa shape index (κ3) is 3.94. The van der Waals surface area contributed by atoms with Gasteiger partial charge in [-0.25, -0.2) is 9.97 Å². The standard InChI is InChI=1S/C16H21BrN4/c1-4-14-15(18-5-2)19-11-20-16(14)21(3)10-12-7-6-8-13(17)9-12/h6-9,11H,4-5,10H2,1-3H3,(H,18,19,20). The summed E-state index contributed by atoms with van der Waals surface area (Å²) in [6.45, 7) is 5.89. The molecule has 0 amide bonds. The molecule has 0 aliphatic heterocycles. The van der Waals surface area contributed by atoms with Gasteiger partial charge in [0.2, 0.25) is 0 Å². The van der Waals surface area contributed by atoms with Crippen LogP contribution >= 0.6 is 15.9 Å². The molecule has 2 aromatic rings. The van der Waals surface area contributed by atoms with Crippen LogP contribution in [-0.2, 0) is 13.0 Å². The van der Waals surface area contributed by atoms with Crippen molar-refractivity contribution in [1.82, 2.24) is 9.97 Å². The van der Waals surface area contributed by atoms with Crippen LogP contribution in [0.1, 0.15) is 25.0 Å². The minimum atomic E-state index is 0.815. The molecule has 0 aliphatic carbocycles. The zero-order valence-electron chi connectivity index (χ0n) is 12.7. The van der Waals surface area contributed by atoms with Crippen molar-refractivity contribution >= 4 is 27.6 Å². The Labute approximate surface area is 134 Å². The van der Waals surface area contributed by atoms with E-state index in [1.807, 2.05) is 6.07 Å². The molecule has 0 aliphatic rings. The fraction of sp³-hybridized carbons (Fsp3) is 0.375. The number of halogens is 1. The molecule has 4 nitrogen and oxygen atoms in total. The van der Waals surface area contributed by atoms with Crippen molar-refractivity contribution in [2.75, 3.05) is 23.8 Å². The summed E-state index contributed by atoms with van der Waals surface area (Å²) in [6, 6.07) is 8.35. The smallest absolute Gasteiger partial charge is 0.137 e. The van der Waals surface area contributed by atoms with Gasteiger partial charge in [0.1, 0.15) is 18.0 Å². The summed E-state index contributed by atoms with van der Waals surface area (Å²) >= 11 is 3.51. The van der Waals surface area contributed by atoms with Gasteiger partial charge in [-0.1, -0.05) is 35.0 Å². The summed E-state index contributed by atoms with van der Waals surface area (Å²) in [5, 5.41) is 3.31. The lowest BCUT2D eigenvalue weighted by Gasteiger charge is -2.22. The van der Waals surface area contributed by atoms with Gasteiger partial charge in [-0.3, -0.25) is 0 Å². The second-order valence-electron chi connectivity index (χ2n) is 4.89. The highest BCUT2D eigenvalue weighted by Gasteiger charge is 2.13. The van der Waals surface area contributed by atoms with Gasteiger partial charge in [-0.2, -0.15) is 0 Å². The van der Waals surface area contributed by atoms with Crippen molar-refractivity contribution in [3.8, 4) is 0 Å². The minimum absolute atomic E-state index is 0.815. The molecule has 0 radical (unpaired) electrons. The van der Waals surface area contributed by atoms with Gasteiger partial charge in [0.25, 0.3) is 0 Å². The molecule has 0 bridgehead atoms. The molecule has 0 atom stereocenters. The van der Waals surface area contributed by atoms with Gasteiger partial charge in [-0.05, 0) is 31.0 Å². The number of benzene rings is 1. The zero-order valence-corrected chi connectivity index (χ0v) is 14.3. The molecule has 0 unspecified atom stereocenters. The molecule has 0 saturated carbocycles. The topological polar surface area (TPSA) is 41.1 Å². The number of aromatic nitrogens is 2. The molecule has 1 aromatic heterocycles. The van der Waals surface area contributed by atoms with Crippen LogP contribution in [0.3, 0.4) is 0 Å². The second kappa shape index (κ2) is 7.41. The van der Waals surface area contributed by atoms with E-state index < -0.39 is 0 Å². The lowest BCUT2D eigenvalue weighted by Crippen LogP contribution is -2.20. The van der Waals surface area contributed by atoms with Crippen LogP contribution in [0, 0.1) is 0 Å². The van der Waals surface area contributed by atoms with Crippen LogP contribution in [0.25, 0.3) is 0 Å². The summed E-state index contributed by atoms with van der Waals surface area (Å²) in [4.78, 5) is 11.0. The number of rotatable bonds is 6. The third-order valence-electron chi connectivity index (χ3n) is 3.29. The second-order valence-corrected chi connectivity index (χ2v) is 5.81. The Hall–Kier alpha value is -1.62. The van der Waals surface area contributed by atoms with E-state index in [1.165, 1.54) is 5.56 Å². The number of anilines is 2. The predicted molar refractivity (Wildman–Crippen MR) is 91.8 cm³/mol. The van der Waals surface area contributed by atoms with Gasteiger partial charge in [0, 0.05) is 30.2 Å². The van der Waals surface area contributed by atoms with Crippen molar-refractivity contribution in [3.05, 3.63) is 46.2 Å².